The number of nitrogens with zero attached hydrogens (tertiary/aromatic N) is 1. The van der Waals surface area contributed by atoms with E-state index in [0.717, 1.165) is 18.4 Å². The van der Waals surface area contributed by atoms with Crippen molar-refractivity contribution < 1.29 is 67.6 Å². The Morgan fingerprint density at radius 2 is 1.68 bits per heavy atom. The first-order chi connectivity index (χ1) is 30.0. The number of esters is 1. The first kappa shape index (κ1) is 48.4. The Hall–Kier alpha value is -2.54. The Balaban J connectivity index is 1.19. The third-order valence-electron chi connectivity index (χ3n) is 14.9. The monoisotopic (exact) mass is 888 g/mol. The third-order valence-corrected chi connectivity index (χ3v) is 14.9. The minimum absolute atomic E-state index is 0.0150. The van der Waals surface area contributed by atoms with Gasteiger partial charge < -0.3 is 62.8 Å². The van der Waals surface area contributed by atoms with Crippen LogP contribution in [0.1, 0.15) is 107 Å². The lowest BCUT2D eigenvalue weighted by molar-refractivity contribution is -0.340. The van der Waals surface area contributed by atoms with Gasteiger partial charge in [0, 0.05) is 52.2 Å². The van der Waals surface area contributed by atoms with Crippen molar-refractivity contribution in [1.82, 2.24) is 0 Å². The van der Waals surface area contributed by atoms with E-state index in [4.69, 9.17) is 47.4 Å². The fourth-order valence-corrected chi connectivity index (χ4v) is 11.0. The number of aliphatic hydroxyl groups is 2. The van der Waals surface area contributed by atoms with E-state index in [2.05, 4.69) is 38.9 Å². The highest BCUT2D eigenvalue weighted by Gasteiger charge is 2.60. The van der Waals surface area contributed by atoms with Crippen LogP contribution in [0.25, 0.3) is 0 Å². The first-order valence-corrected chi connectivity index (χ1v) is 23.2. The second-order valence-corrected chi connectivity index (χ2v) is 19.3. The van der Waals surface area contributed by atoms with Crippen LogP contribution < -0.4 is 0 Å². The molecule has 0 saturated carbocycles. The maximum absolute atomic E-state index is 14.4. The normalized spacial score (nSPS) is 47.5. The zero-order chi connectivity index (χ0) is 45.4. The van der Waals surface area contributed by atoms with Gasteiger partial charge in [-0.2, -0.15) is 0 Å². The second-order valence-electron chi connectivity index (χ2n) is 19.3. The van der Waals surface area contributed by atoms with Gasteiger partial charge in [-0.15, -0.1) is 0 Å². The average Bonchev–Trinajstić information content (AvgIpc) is 3.59. The van der Waals surface area contributed by atoms with Gasteiger partial charge in [-0.1, -0.05) is 69.7 Å². The SMILES string of the molecule is CCC(C)[C@H]1O[C@]2(CC[C@@H]1C)C[C@@H]1C[C@@H](C/C=C(/C)[C@@H](O[C@H]3C[C@H](OC)[C@@H](O[C@H]4C[C@H](OC)[C@@H](O)[C@H](C)O4)[C@H](C)O3)[C@@H](C)/C=C\C=C3CO[C@@H]4/C(=N/O)C(C)=C[C@@H](C(=O)O1)[C@]34O)O2. The van der Waals surface area contributed by atoms with Gasteiger partial charge in [0.1, 0.15) is 41.6 Å². The zero-order valence-electron chi connectivity index (χ0n) is 38.8. The number of hydrogen-bond acceptors (Lipinski definition) is 15. The molecule has 3 N–H and O–H groups in total. The molecule has 0 aromatic carbocycles. The lowest BCUT2D eigenvalue weighted by Crippen LogP contribution is -2.57. The summed E-state index contributed by atoms with van der Waals surface area (Å²) in [6.07, 6.45) is 7.36. The van der Waals surface area contributed by atoms with Crippen LogP contribution >= 0.6 is 0 Å². The molecule has 7 aliphatic rings. The van der Waals surface area contributed by atoms with Crippen LogP contribution in [0.4, 0.5) is 0 Å². The van der Waals surface area contributed by atoms with Gasteiger partial charge in [0.05, 0.1) is 49.3 Å². The first-order valence-electron chi connectivity index (χ1n) is 23.2. The number of fused-ring (bicyclic) bond motifs is 2. The van der Waals surface area contributed by atoms with E-state index >= 15 is 0 Å². The molecule has 19 atom stereocenters. The van der Waals surface area contributed by atoms with Crippen molar-refractivity contribution in [2.45, 2.75) is 198 Å². The molecule has 1 unspecified atom stereocenters. The number of rotatable bonds is 8. The van der Waals surface area contributed by atoms with Crippen LogP contribution in [0.2, 0.25) is 0 Å². The van der Waals surface area contributed by atoms with Crippen molar-refractivity contribution in [3.63, 3.8) is 0 Å². The van der Waals surface area contributed by atoms with E-state index in [1.54, 1.807) is 40.2 Å². The highest BCUT2D eigenvalue weighted by Crippen LogP contribution is 2.47. The van der Waals surface area contributed by atoms with Crippen LogP contribution in [0.3, 0.4) is 0 Å². The fourth-order valence-electron chi connectivity index (χ4n) is 11.0. The summed E-state index contributed by atoms with van der Waals surface area (Å²) in [5.74, 6) is -2.19. The Labute approximate surface area is 373 Å². The highest BCUT2D eigenvalue weighted by atomic mass is 16.7. The molecular formula is C48H73NO14. The van der Waals surface area contributed by atoms with Crippen molar-refractivity contribution >= 4 is 11.7 Å². The van der Waals surface area contributed by atoms with E-state index in [1.807, 2.05) is 26.0 Å². The number of hydrogen-bond donors (Lipinski definition) is 3. The predicted molar refractivity (Wildman–Crippen MR) is 231 cm³/mol. The standard InChI is InChI=1S/C48H73NO14/c1-11-25(2)43-28(5)17-18-47(63-43)23-34-20-33(62-47)16-15-27(4)42(60-39-22-37(55-10)44(31(8)58-39)61-38-21-36(54-9)41(50)30(7)57-38)26(3)13-12-14-32-24-56-45-40(49-53)29(6)19-35(46(51)59-34)48(32,45)52/h12-15,19,25-26,28,30-31,33-39,41-45,50,52-53H,11,16-18,20-24H2,1-10H3/b13-12-,27-15-,32-14?,49-40+/t25?,26-,28-,30-,31-,33+,34-,35-,36-,37-,38-,39-,41-,42-,43+,44-,45+,47+,48+/m0/s1. The molecular weight excluding hydrogens is 815 g/mol. The quantitative estimate of drug-likeness (QED) is 0.111. The van der Waals surface area contributed by atoms with Crippen LogP contribution in [0.5, 0.6) is 0 Å². The molecule has 0 aromatic heterocycles. The molecule has 354 valence electrons. The van der Waals surface area contributed by atoms with Crippen LogP contribution in [-0.4, -0.2) is 139 Å². The molecule has 15 nitrogen and oxygen atoms in total. The number of methoxy groups -OCH3 is 2. The highest BCUT2D eigenvalue weighted by molar-refractivity contribution is 6.06. The fraction of sp³-hybridized carbons (Fsp3) is 0.792. The van der Waals surface area contributed by atoms with Gasteiger partial charge in [-0.05, 0) is 69.1 Å². The minimum atomic E-state index is -1.86. The minimum Gasteiger partial charge on any atom is -0.462 e. The maximum Gasteiger partial charge on any atom is 0.316 e. The van der Waals surface area contributed by atoms with Gasteiger partial charge in [0.15, 0.2) is 18.4 Å². The maximum atomic E-state index is 14.4. The number of allylic oxidation sites excluding steroid dienone is 2. The lowest BCUT2D eigenvalue weighted by atomic mass is 9.71. The molecule has 0 radical (unpaired) electrons. The van der Waals surface area contributed by atoms with Gasteiger partial charge in [0.2, 0.25) is 0 Å². The molecule has 15 heteroatoms. The summed E-state index contributed by atoms with van der Waals surface area (Å²) >= 11 is 0. The van der Waals surface area contributed by atoms with Crippen molar-refractivity contribution in [3.8, 4) is 0 Å². The largest absolute Gasteiger partial charge is 0.462 e. The van der Waals surface area contributed by atoms with Crippen LogP contribution in [-0.2, 0) is 52.2 Å². The van der Waals surface area contributed by atoms with Crippen molar-refractivity contribution in [3.05, 3.63) is 47.1 Å². The number of ether oxygens (including phenoxy) is 10. The topological polar surface area (TPSA) is 182 Å². The summed E-state index contributed by atoms with van der Waals surface area (Å²) in [5.41, 5.74) is 0.264. The smallest absolute Gasteiger partial charge is 0.316 e. The number of carbonyl (C=O) groups excluding carboxylic acids is 1. The average molecular weight is 888 g/mol. The van der Waals surface area contributed by atoms with Gasteiger partial charge in [0.25, 0.3) is 0 Å². The molecule has 7 rings (SSSR count). The number of carbonyl (C=O) groups is 1. The van der Waals surface area contributed by atoms with Crippen molar-refractivity contribution in [2.75, 3.05) is 20.8 Å². The summed E-state index contributed by atoms with van der Waals surface area (Å²) < 4.78 is 64.0. The summed E-state index contributed by atoms with van der Waals surface area (Å²) in [7, 11) is 3.22. The van der Waals surface area contributed by atoms with E-state index in [1.165, 1.54) is 0 Å². The Kier molecular flexibility index (Phi) is 15.5. The van der Waals surface area contributed by atoms with Crippen molar-refractivity contribution in [1.29, 1.82) is 0 Å². The van der Waals surface area contributed by atoms with Gasteiger partial charge >= 0.3 is 5.97 Å². The molecule has 1 spiro atoms. The van der Waals surface area contributed by atoms with E-state index < -0.39 is 84.7 Å². The second kappa shape index (κ2) is 20.1. The third kappa shape index (κ3) is 9.95. The summed E-state index contributed by atoms with van der Waals surface area (Å²) in [6.45, 7) is 16.2. The van der Waals surface area contributed by atoms with Crippen LogP contribution in [0, 0.1) is 23.7 Å². The van der Waals surface area contributed by atoms with E-state index in [0.29, 0.717) is 61.5 Å². The molecule has 5 saturated heterocycles. The Bertz CT molecular complexity index is 1760. The lowest BCUT2D eigenvalue weighted by Gasteiger charge is -2.51. The summed E-state index contributed by atoms with van der Waals surface area (Å²) in [6, 6.07) is 0. The van der Waals surface area contributed by atoms with Crippen LogP contribution in [0.15, 0.2) is 52.3 Å². The predicted octanol–water partition coefficient (Wildman–Crippen LogP) is 6.07. The van der Waals surface area contributed by atoms with E-state index in [9.17, 15) is 20.2 Å². The molecule has 0 amide bonds. The van der Waals surface area contributed by atoms with Crippen molar-refractivity contribution in [2.24, 2.45) is 28.8 Å². The van der Waals surface area contributed by atoms with Gasteiger partial charge in [-0.25, -0.2) is 0 Å². The molecule has 5 fully saturated rings. The summed E-state index contributed by atoms with van der Waals surface area (Å²) in [4.78, 5) is 14.4. The molecule has 2 bridgehead atoms. The molecule has 6 aliphatic heterocycles. The zero-order valence-corrected chi connectivity index (χ0v) is 38.8. The molecule has 1 aliphatic carbocycles. The Morgan fingerprint density at radius 3 is 2.40 bits per heavy atom. The molecule has 6 heterocycles. The van der Waals surface area contributed by atoms with Gasteiger partial charge in [-0.3, -0.25) is 4.79 Å². The number of oxime groups is 1. The molecule has 0 aromatic rings. The molecule has 63 heavy (non-hydrogen) atoms. The summed E-state index contributed by atoms with van der Waals surface area (Å²) in [5, 5.41) is 36.7. The van der Waals surface area contributed by atoms with E-state index in [-0.39, 0.29) is 36.5 Å². The Morgan fingerprint density at radius 1 is 0.968 bits per heavy atom. The number of aliphatic hydroxyl groups excluding tert-OH is 1.